The fourth-order valence-corrected chi connectivity index (χ4v) is 2.10. The van der Waals surface area contributed by atoms with Gasteiger partial charge in [0.1, 0.15) is 0 Å². The molecule has 1 atom stereocenters. The standard InChI is InChI=1S/C13H19BrN2O3/c1-10(9-17)3-2-6-15-8-11-4-5-12(14)7-13(11)16(18)19/h4-5,7,10,15,17H,2-3,6,8-9H2,1H3. The van der Waals surface area contributed by atoms with Crippen LogP contribution in [0, 0.1) is 16.0 Å². The number of rotatable bonds is 8. The van der Waals surface area contributed by atoms with E-state index in [0.717, 1.165) is 19.4 Å². The first-order chi connectivity index (χ1) is 9.04. The van der Waals surface area contributed by atoms with Crippen LogP contribution in [0.25, 0.3) is 0 Å². The second-order valence-corrected chi connectivity index (χ2v) is 5.55. The van der Waals surface area contributed by atoms with E-state index in [1.54, 1.807) is 12.1 Å². The number of halogens is 1. The highest BCUT2D eigenvalue weighted by Gasteiger charge is 2.13. The first-order valence-corrected chi connectivity index (χ1v) is 7.08. The van der Waals surface area contributed by atoms with Crippen molar-refractivity contribution >= 4 is 21.6 Å². The normalized spacial score (nSPS) is 12.4. The molecule has 19 heavy (non-hydrogen) atoms. The zero-order chi connectivity index (χ0) is 14.3. The Morgan fingerprint density at radius 1 is 1.53 bits per heavy atom. The zero-order valence-electron chi connectivity index (χ0n) is 10.9. The van der Waals surface area contributed by atoms with E-state index in [0.29, 0.717) is 22.5 Å². The van der Waals surface area contributed by atoms with Crippen molar-refractivity contribution in [3.63, 3.8) is 0 Å². The number of benzene rings is 1. The van der Waals surface area contributed by atoms with Gasteiger partial charge < -0.3 is 10.4 Å². The number of hydrogen-bond acceptors (Lipinski definition) is 4. The lowest BCUT2D eigenvalue weighted by molar-refractivity contribution is -0.385. The third kappa shape index (κ3) is 5.67. The van der Waals surface area contributed by atoms with Gasteiger partial charge in [0, 0.05) is 29.3 Å². The van der Waals surface area contributed by atoms with Gasteiger partial charge in [0.15, 0.2) is 0 Å². The van der Waals surface area contributed by atoms with Crippen molar-refractivity contribution in [1.29, 1.82) is 0 Å². The van der Waals surface area contributed by atoms with Crippen LogP contribution in [0.15, 0.2) is 22.7 Å². The van der Waals surface area contributed by atoms with Gasteiger partial charge in [-0.25, -0.2) is 0 Å². The van der Waals surface area contributed by atoms with Crippen LogP contribution in [0.1, 0.15) is 25.3 Å². The molecule has 0 radical (unpaired) electrons. The Hall–Kier alpha value is -0.980. The summed E-state index contributed by atoms with van der Waals surface area (Å²) in [4.78, 5) is 10.6. The SMILES string of the molecule is CC(CO)CCCNCc1ccc(Br)cc1[N+](=O)[O-]. The molecule has 0 amide bonds. The highest BCUT2D eigenvalue weighted by Crippen LogP contribution is 2.23. The maximum atomic E-state index is 10.9. The Bertz CT molecular complexity index is 426. The number of aliphatic hydroxyl groups excluding tert-OH is 1. The fraction of sp³-hybridized carbons (Fsp3) is 0.538. The van der Waals surface area contributed by atoms with E-state index in [2.05, 4.69) is 21.2 Å². The highest BCUT2D eigenvalue weighted by atomic mass is 79.9. The van der Waals surface area contributed by atoms with Gasteiger partial charge in [0.2, 0.25) is 0 Å². The predicted molar refractivity (Wildman–Crippen MR) is 78.0 cm³/mol. The first-order valence-electron chi connectivity index (χ1n) is 6.29. The third-order valence-electron chi connectivity index (χ3n) is 2.92. The molecule has 0 fully saturated rings. The number of nitro groups is 1. The van der Waals surface area contributed by atoms with E-state index in [4.69, 9.17) is 5.11 Å². The lowest BCUT2D eigenvalue weighted by Crippen LogP contribution is -2.16. The molecule has 1 aromatic rings. The molecule has 106 valence electrons. The van der Waals surface area contributed by atoms with Gasteiger partial charge >= 0.3 is 0 Å². The summed E-state index contributed by atoms with van der Waals surface area (Å²) in [6, 6.07) is 5.08. The summed E-state index contributed by atoms with van der Waals surface area (Å²) in [5, 5.41) is 23.0. The van der Waals surface area contributed by atoms with Crippen molar-refractivity contribution in [3.05, 3.63) is 38.3 Å². The number of hydrogen-bond donors (Lipinski definition) is 2. The van der Waals surface area contributed by atoms with Crippen molar-refractivity contribution in [2.45, 2.75) is 26.3 Å². The Kier molecular flexibility index (Phi) is 6.97. The highest BCUT2D eigenvalue weighted by molar-refractivity contribution is 9.10. The second-order valence-electron chi connectivity index (χ2n) is 4.64. The number of nitrogens with one attached hydrogen (secondary N) is 1. The van der Waals surface area contributed by atoms with E-state index >= 15 is 0 Å². The summed E-state index contributed by atoms with van der Waals surface area (Å²) >= 11 is 3.23. The Morgan fingerprint density at radius 3 is 2.89 bits per heavy atom. The molecule has 1 rings (SSSR count). The van der Waals surface area contributed by atoms with Crippen molar-refractivity contribution in [2.75, 3.05) is 13.2 Å². The zero-order valence-corrected chi connectivity index (χ0v) is 12.5. The molecule has 1 unspecified atom stereocenters. The molecule has 0 saturated heterocycles. The van der Waals surface area contributed by atoms with E-state index in [-0.39, 0.29) is 17.2 Å². The minimum Gasteiger partial charge on any atom is -0.396 e. The maximum absolute atomic E-state index is 10.9. The molecule has 6 heteroatoms. The topological polar surface area (TPSA) is 75.4 Å². The molecule has 1 aromatic carbocycles. The summed E-state index contributed by atoms with van der Waals surface area (Å²) in [5.41, 5.74) is 0.814. The van der Waals surface area contributed by atoms with Crippen LogP contribution in [0.2, 0.25) is 0 Å². The summed E-state index contributed by atoms with van der Waals surface area (Å²) in [7, 11) is 0. The van der Waals surface area contributed by atoms with Gasteiger partial charge in [-0.05, 0) is 37.4 Å². The molecular weight excluding hydrogens is 312 g/mol. The number of nitro benzene ring substituents is 1. The Morgan fingerprint density at radius 2 is 2.26 bits per heavy atom. The average molecular weight is 331 g/mol. The quantitative estimate of drug-likeness (QED) is 0.436. The minimum absolute atomic E-state index is 0.130. The van der Waals surface area contributed by atoms with Gasteiger partial charge in [-0.1, -0.05) is 22.9 Å². The van der Waals surface area contributed by atoms with Crippen LogP contribution in [0.5, 0.6) is 0 Å². The Labute approximate surface area is 121 Å². The van der Waals surface area contributed by atoms with Gasteiger partial charge in [0.05, 0.1) is 4.92 Å². The number of nitrogens with zero attached hydrogens (tertiary/aromatic N) is 1. The molecule has 0 spiro atoms. The molecule has 0 aliphatic carbocycles. The lowest BCUT2D eigenvalue weighted by Gasteiger charge is -2.08. The van der Waals surface area contributed by atoms with Gasteiger partial charge in [-0.2, -0.15) is 0 Å². The third-order valence-corrected chi connectivity index (χ3v) is 3.41. The van der Waals surface area contributed by atoms with Gasteiger partial charge in [-0.3, -0.25) is 10.1 Å². The molecule has 2 N–H and O–H groups in total. The van der Waals surface area contributed by atoms with E-state index < -0.39 is 0 Å². The molecule has 0 heterocycles. The molecule has 5 nitrogen and oxygen atoms in total. The van der Waals surface area contributed by atoms with E-state index in [1.807, 2.05) is 6.92 Å². The van der Waals surface area contributed by atoms with Crippen molar-refractivity contribution in [1.82, 2.24) is 5.32 Å². The summed E-state index contributed by atoms with van der Waals surface area (Å²) in [5.74, 6) is 0.309. The first kappa shape index (κ1) is 16.1. The Balaban J connectivity index is 2.43. The van der Waals surface area contributed by atoms with Crippen LogP contribution in [-0.2, 0) is 6.54 Å². The molecule has 0 saturated carbocycles. The fourth-order valence-electron chi connectivity index (χ4n) is 1.75. The largest absolute Gasteiger partial charge is 0.396 e. The second kappa shape index (κ2) is 8.24. The van der Waals surface area contributed by atoms with Gasteiger partial charge in [-0.15, -0.1) is 0 Å². The van der Waals surface area contributed by atoms with Gasteiger partial charge in [0.25, 0.3) is 5.69 Å². The number of aliphatic hydroxyl groups is 1. The maximum Gasteiger partial charge on any atom is 0.275 e. The molecule has 0 aliphatic rings. The summed E-state index contributed by atoms with van der Waals surface area (Å²) in [6.07, 6.45) is 1.90. The van der Waals surface area contributed by atoms with Crippen LogP contribution < -0.4 is 5.32 Å². The van der Waals surface area contributed by atoms with E-state index in [9.17, 15) is 10.1 Å². The smallest absolute Gasteiger partial charge is 0.275 e. The van der Waals surface area contributed by atoms with Crippen molar-refractivity contribution in [2.24, 2.45) is 5.92 Å². The van der Waals surface area contributed by atoms with Crippen molar-refractivity contribution in [3.8, 4) is 0 Å². The van der Waals surface area contributed by atoms with Crippen LogP contribution >= 0.6 is 15.9 Å². The molecule has 0 aromatic heterocycles. The predicted octanol–water partition coefficient (Wildman–Crippen LogP) is 2.86. The summed E-state index contributed by atoms with van der Waals surface area (Å²) < 4.78 is 0.708. The molecule has 0 bridgehead atoms. The van der Waals surface area contributed by atoms with Crippen LogP contribution in [0.4, 0.5) is 5.69 Å². The van der Waals surface area contributed by atoms with Crippen LogP contribution in [0.3, 0.4) is 0 Å². The summed E-state index contributed by atoms with van der Waals surface area (Å²) in [6.45, 7) is 3.48. The average Bonchev–Trinajstić information content (AvgIpc) is 2.39. The molecular formula is C13H19BrN2O3. The van der Waals surface area contributed by atoms with E-state index in [1.165, 1.54) is 6.07 Å². The minimum atomic E-state index is -0.365. The lowest BCUT2D eigenvalue weighted by atomic mass is 10.1. The molecule has 0 aliphatic heterocycles. The van der Waals surface area contributed by atoms with Crippen molar-refractivity contribution < 1.29 is 10.0 Å². The monoisotopic (exact) mass is 330 g/mol. The van der Waals surface area contributed by atoms with Crippen LogP contribution in [-0.4, -0.2) is 23.2 Å².